The van der Waals surface area contributed by atoms with E-state index >= 15 is 0 Å². The molecule has 1 atom stereocenters. The normalized spacial score (nSPS) is 23.1. The number of carbonyl (C=O) groups is 1. The molecule has 4 heteroatoms. The highest BCUT2D eigenvalue weighted by Gasteiger charge is 2.27. The summed E-state index contributed by atoms with van der Waals surface area (Å²) in [5.41, 5.74) is 0.540. The summed E-state index contributed by atoms with van der Waals surface area (Å²) < 4.78 is 4.56. The molecule has 0 aromatic carbocycles. The molecule has 3 nitrogen and oxygen atoms in total. The lowest BCUT2D eigenvalue weighted by atomic mass is 10.1. The number of hydrogen-bond donors (Lipinski definition) is 0. The first-order chi connectivity index (χ1) is 5.79. The Hall–Kier alpha value is -0.730. The quantitative estimate of drug-likeness (QED) is 0.449. The van der Waals surface area contributed by atoms with Gasteiger partial charge >= 0.3 is 5.97 Å². The van der Waals surface area contributed by atoms with E-state index in [4.69, 9.17) is 0 Å². The monoisotopic (exact) mass is 186 g/mol. The zero-order valence-electron chi connectivity index (χ0n) is 6.83. The summed E-state index contributed by atoms with van der Waals surface area (Å²) in [5.74, 6) is 2.39. The minimum absolute atomic E-state index is 0.335. The van der Waals surface area contributed by atoms with E-state index in [0.717, 1.165) is 12.2 Å². The number of carbonyl (C=O) groups excluding carboxylic acids is 2. The van der Waals surface area contributed by atoms with Crippen LogP contribution < -0.4 is 0 Å². The van der Waals surface area contributed by atoms with E-state index in [0.29, 0.717) is 12.0 Å². The van der Waals surface area contributed by atoms with Crippen molar-refractivity contribution in [2.24, 2.45) is 0 Å². The Balaban J connectivity index is 2.72. The van der Waals surface area contributed by atoms with Gasteiger partial charge in [-0.25, -0.2) is 4.79 Å². The van der Waals surface area contributed by atoms with E-state index in [1.54, 1.807) is 0 Å². The molecule has 1 heterocycles. The smallest absolute Gasteiger partial charge is 0.323 e. The second-order valence-electron chi connectivity index (χ2n) is 2.50. The molecule has 12 heavy (non-hydrogen) atoms. The fourth-order valence-electron chi connectivity index (χ4n) is 1.12. The van der Waals surface area contributed by atoms with Crippen molar-refractivity contribution in [2.45, 2.75) is 18.1 Å². The van der Waals surface area contributed by atoms with Crippen molar-refractivity contribution < 1.29 is 14.3 Å². The van der Waals surface area contributed by atoms with Crippen LogP contribution in [0.15, 0.2) is 5.57 Å². The zero-order valence-corrected chi connectivity index (χ0v) is 7.65. The molecular weight excluding hydrogens is 176 g/mol. The number of rotatable bonds is 1. The van der Waals surface area contributed by atoms with Crippen molar-refractivity contribution in [1.82, 2.24) is 0 Å². The van der Waals surface area contributed by atoms with Gasteiger partial charge in [-0.2, -0.15) is 0 Å². The van der Waals surface area contributed by atoms with Crippen molar-refractivity contribution in [2.75, 3.05) is 12.9 Å². The fraction of sp³-hybridized carbons (Fsp3) is 0.625. The third-order valence-electron chi connectivity index (χ3n) is 1.74. The van der Waals surface area contributed by atoms with Gasteiger partial charge in [-0.15, -0.1) is 11.8 Å². The topological polar surface area (TPSA) is 43.4 Å². The molecule has 1 aliphatic heterocycles. The number of esters is 1. The van der Waals surface area contributed by atoms with Crippen LogP contribution in [0.1, 0.15) is 12.8 Å². The van der Waals surface area contributed by atoms with Crippen molar-refractivity contribution in [3.8, 4) is 0 Å². The van der Waals surface area contributed by atoms with Gasteiger partial charge in [0.25, 0.3) is 0 Å². The van der Waals surface area contributed by atoms with Gasteiger partial charge in [0.05, 0.1) is 7.11 Å². The lowest BCUT2D eigenvalue weighted by Gasteiger charge is -2.19. The molecule has 1 unspecified atom stereocenters. The molecule has 1 aliphatic rings. The molecule has 0 saturated carbocycles. The number of thioether (sulfide) groups is 1. The summed E-state index contributed by atoms with van der Waals surface area (Å²) in [7, 11) is 1.33. The first-order valence-corrected chi connectivity index (χ1v) is 4.77. The Labute approximate surface area is 75.2 Å². The summed E-state index contributed by atoms with van der Waals surface area (Å²) in [6.07, 6.45) is 1.62. The second-order valence-corrected chi connectivity index (χ2v) is 3.72. The second kappa shape index (κ2) is 4.33. The highest BCUT2D eigenvalue weighted by molar-refractivity contribution is 8.00. The molecule has 66 valence electrons. The third kappa shape index (κ3) is 1.90. The maximum atomic E-state index is 11.1. The van der Waals surface area contributed by atoms with Crippen molar-refractivity contribution in [3.63, 3.8) is 0 Å². The van der Waals surface area contributed by atoms with Gasteiger partial charge in [-0.3, -0.25) is 4.79 Å². The number of hydrogen-bond acceptors (Lipinski definition) is 4. The van der Waals surface area contributed by atoms with E-state index in [-0.39, 0.29) is 5.97 Å². The molecular formula is C8H10O3S. The van der Waals surface area contributed by atoms with E-state index in [2.05, 4.69) is 4.74 Å². The molecule has 0 radical (unpaired) electrons. The first kappa shape index (κ1) is 9.36. The molecule has 0 spiro atoms. The molecule has 1 rings (SSSR count). The van der Waals surface area contributed by atoms with Gasteiger partial charge in [-0.1, -0.05) is 0 Å². The van der Waals surface area contributed by atoms with E-state index in [9.17, 15) is 9.59 Å². The minimum atomic E-state index is -0.402. The summed E-state index contributed by atoms with van der Waals surface area (Å²) in [5, 5.41) is -0.402. The Kier molecular flexibility index (Phi) is 3.38. The van der Waals surface area contributed by atoms with Crippen LogP contribution in [0.3, 0.4) is 0 Å². The van der Waals surface area contributed by atoms with Crippen molar-refractivity contribution in [3.05, 3.63) is 5.57 Å². The maximum absolute atomic E-state index is 11.1. The van der Waals surface area contributed by atoms with Crippen LogP contribution in [0.2, 0.25) is 0 Å². The number of methoxy groups -OCH3 is 1. The van der Waals surface area contributed by atoms with Gasteiger partial charge in [0.15, 0.2) is 0 Å². The molecule has 1 saturated heterocycles. The van der Waals surface area contributed by atoms with Gasteiger partial charge in [0.2, 0.25) is 0 Å². The molecule has 0 aromatic heterocycles. The highest BCUT2D eigenvalue weighted by Crippen LogP contribution is 2.29. The van der Waals surface area contributed by atoms with E-state index in [1.165, 1.54) is 18.9 Å². The minimum Gasteiger partial charge on any atom is -0.468 e. The summed E-state index contributed by atoms with van der Waals surface area (Å²) in [6, 6.07) is 0. The van der Waals surface area contributed by atoms with Crippen molar-refractivity contribution in [1.29, 1.82) is 0 Å². The Morgan fingerprint density at radius 3 is 3.08 bits per heavy atom. The van der Waals surface area contributed by atoms with Gasteiger partial charge in [0.1, 0.15) is 11.2 Å². The van der Waals surface area contributed by atoms with Crippen LogP contribution in [0.25, 0.3) is 0 Å². The predicted octanol–water partition coefficient (Wildman–Crippen LogP) is 0.813. The average molecular weight is 186 g/mol. The lowest BCUT2D eigenvalue weighted by Crippen LogP contribution is -2.25. The molecule has 0 amide bonds. The molecule has 0 aliphatic carbocycles. The number of ether oxygens (including phenoxy) is 1. The van der Waals surface area contributed by atoms with E-state index in [1.807, 2.05) is 5.94 Å². The SMILES string of the molecule is COC(=O)C1SCCCC1=C=O. The van der Waals surface area contributed by atoms with Crippen LogP contribution in [-0.2, 0) is 14.3 Å². The average Bonchev–Trinajstić information content (AvgIpc) is 2.16. The Morgan fingerprint density at radius 2 is 2.50 bits per heavy atom. The van der Waals surface area contributed by atoms with Crippen molar-refractivity contribution >= 4 is 23.7 Å². The van der Waals surface area contributed by atoms with Gasteiger partial charge < -0.3 is 4.74 Å². The van der Waals surface area contributed by atoms with Crippen LogP contribution in [0.5, 0.6) is 0 Å². The predicted molar refractivity (Wildman–Crippen MR) is 46.7 cm³/mol. The molecule has 0 bridgehead atoms. The van der Waals surface area contributed by atoms with Crippen LogP contribution >= 0.6 is 11.8 Å². The maximum Gasteiger partial charge on any atom is 0.323 e. The Morgan fingerprint density at radius 1 is 1.75 bits per heavy atom. The molecule has 1 fully saturated rings. The zero-order chi connectivity index (χ0) is 8.97. The van der Waals surface area contributed by atoms with Crippen LogP contribution in [-0.4, -0.2) is 30.0 Å². The molecule has 0 aromatic rings. The van der Waals surface area contributed by atoms with Crippen LogP contribution in [0, 0.1) is 0 Å². The lowest BCUT2D eigenvalue weighted by molar-refractivity contribution is -0.139. The van der Waals surface area contributed by atoms with E-state index < -0.39 is 5.25 Å². The fourth-order valence-corrected chi connectivity index (χ4v) is 2.26. The summed E-state index contributed by atoms with van der Waals surface area (Å²) in [4.78, 5) is 21.5. The Bertz CT molecular complexity index is 230. The van der Waals surface area contributed by atoms with Crippen LogP contribution in [0.4, 0.5) is 0 Å². The highest BCUT2D eigenvalue weighted by atomic mass is 32.2. The summed E-state index contributed by atoms with van der Waals surface area (Å²) in [6.45, 7) is 0. The summed E-state index contributed by atoms with van der Waals surface area (Å²) >= 11 is 1.45. The third-order valence-corrected chi connectivity index (χ3v) is 3.07. The molecule has 0 N–H and O–H groups in total. The standard InChI is InChI=1S/C8H10O3S/c1-11-8(10)7-6(5-9)3-2-4-12-7/h7H,2-4H2,1H3. The first-order valence-electron chi connectivity index (χ1n) is 3.73. The van der Waals surface area contributed by atoms with Gasteiger partial charge in [0, 0.05) is 5.57 Å². The largest absolute Gasteiger partial charge is 0.468 e. The van der Waals surface area contributed by atoms with Gasteiger partial charge in [-0.05, 0) is 18.6 Å².